The van der Waals surface area contributed by atoms with E-state index in [1.807, 2.05) is 49.1 Å². The molecule has 0 aliphatic carbocycles. The lowest BCUT2D eigenvalue weighted by Gasteiger charge is -2.49. The van der Waals surface area contributed by atoms with Crippen molar-refractivity contribution in [1.82, 2.24) is 9.80 Å². The van der Waals surface area contributed by atoms with Crippen LogP contribution in [0, 0.1) is 0 Å². The van der Waals surface area contributed by atoms with Crippen LogP contribution in [0.3, 0.4) is 0 Å². The number of benzene rings is 2. The Kier molecular flexibility index (Phi) is 6.43. The third-order valence-corrected chi connectivity index (χ3v) is 10.3. The maximum atomic E-state index is 15.4. The smallest absolute Gasteiger partial charge is 0.301 e. The van der Waals surface area contributed by atoms with E-state index in [4.69, 9.17) is 0 Å². The molecule has 0 N–H and O–H groups in total. The van der Waals surface area contributed by atoms with Gasteiger partial charge < -0.3 is 4.90 Å². The van der Waals surface area contributed by atoms with E-state index in [2.05, 4.69) is 0 Å². The summed E-state index contributed by atoms with van der Waals surface area (Å²) in [5.41, 5.74) is -1.89. The maximum Gasteiger partial charge on any atom is 0.402 e. The summed E-state index contributed by atoms with van der Waals surface area (Å²) in [5.74, 6) is -1.56. The molecule has 1 unspecified atom stereocenters. The van der Waals surface area contributed by atoms with Crippen molar-refractivity contribution >= 4 is 51.6 Å². The summed E-state index contributed by atoms with van der Waals surface area (Å²) in [7, 11) is 0. The second kappa shape index (κ2) is 9.31. The molecule has 3 aromatic rings. The molecule has 0 saturated carbocycles. The molecule has 3 aliphatic heterocycles. The highest BCUT2D eigenvalue weighted by atomic mass is 32.1. The average Bonchev–Trinajstić information content (AvgIpc) is 3.32. The van der Waals surface area contributed by atoms with Gasteiger partial charge in [0.15, 0.2) is 0 Å². The SMILES string of the molecule is CC1(C)c2ccccc2N2c3sc(C=C4C(=O)N(C(C)(C)C)C(=O)N(C(C)(C)C)C4=O)cc3C(C)(C(F)(F)F)c3cccc1c32. The van der Waals surface area contributed by atoms with Crippen molar-refractivity contribution in [3.63, 3.8) is 0 Å². The number of anilines is 3. The number of hydrogen-bond acceptors (Lipinski definition) is 5. The molecule has 0 radical (unpaired) electrons. The number of imide groups is 2. The van der Waals surface area contributed by atoms with Crippen molar-refractivity contribution in [1.29, 1.82) is 0 Å². The number of amides is 4. The summed E-state index contributed by atoms with van der Waals surface area (Å²) >= 11 is 1.10. The summed E-state index contributed by atoms with van der Waals surface area (Å²) in [5, 5.41) is 0.372. The van der Waals surface area contributed by atoms with Gasteiger partial charge in [0.2, 0.25) is 0 Å². The first-order valence-corrected chi connectivity index (χ1v) is 15.6. The van der Waals surface area contributed by atoms with E-state index in [1.165, 1.54) is 19.1 Å². The van der Waals surface area contributed by atoms with E-state index in [1.54, 1.807) is 53.7 Å². The first kappa shape index (κ1) is 31.1. The highest BCUT2D eigenvalue weighted by Gasteiger charge is 2.60. The minimum atomic E-state index is -4.66. The minimum Gasteiger partial charge on any atom is -0.301 e. The number of halogens is 3. The monoisotopic (exact) mass is 635 g/mol. The molecule has 4 heterocycles. The molecule has 10 heteroatoms. The van der Waals surface area contributed by atoms with Gasteiger partial charge in [-0.2, -0.15) is 13.2 Å². The number of alkyl halides is 3. The fourth-order valence-corrected chi connectivity index (χ4v) is 8.10. The second-order valence-electron chi connectivity index (χ2n) is 14.6. The topological polar surface area (TPSA) is 60.9 Å². The van der Waals surface area contributed by atoms with Crippen molar-refractivity contribution in [3.8, 4) is 0 Å². The summed E-state index contributed by atoms with van der Waals surface area (Å²) in [6.45, 7) is 15.4. The number of hydrogen-bond donors (Lipinski definition) is 0. The zero-order chi connectivity index (χ0) is 33.2. The predicted octanol–water partition coefficient (Wildman–Crippen LogP) is 8.81. The largest absolute Gasteiger partial charge is 0.402 e. The summed E-state index contributed by atoms with van der Waals surface area (Å²) < 4.78 is 46.1. The fraction of sp³-hybridized carbons (Fsp3) is 0.400. The zero-order valence-electron chi connectivity index (χ0n) is 26.8. The van der Waals surface area contributed by atoms with Crippen LogP contribution in [0.4, 0.5) is 34.3 Å². The molecule has 4 amide bonds. The fourth-order valence-electron chi connectivity index (χ4n) is 6.87. The third kappa shape index (κ3) is 4.17. The Balaban J connectivity index is 1.63. The molecule has 6 rings (SSSR count). The van der Waals surface area contributed by atoms with Crippen LogP contribution in [0.5, 0.6) is 0 Å². The van der Waals surface area contributed by atoms with Gasteiger partial charge in [-0.3, -0.25) is 19.4 Å². The van der Waals surface area contributed by atoms with Gasteiger partial charge in [-0.25, -0.2) is 4.79 Å². The van der Waals surface area contributed by atoms with Gasteiger partial charge in [0.05, 0.1) is 11.4 Å². The Hall–Kier alpha value is -3.92. The molecule has 6 nitrogen and oxygen atoms in total. The van der Waals surface area contributed by atoms with E-state index in [0.29, 0.717) is 15.6 Å². The average molecular weight is 636 g/mol. The normalized spacial score (nSPS) is 21.1. The van der Waals surface area contributed by atoms with E-state index < -0.39 is 45.9 Å². The molecule has 45 heavy (non-hydrogen) atoms. The van der Waals surface area contributed by atoms with Crippen molar-refractivity contribution in [2.24, 2.45) is 0 Å². The van der Waals surface area contributed by atoms with Crippen LogP contribution in [0.25, 0.3) is 6.08 Å². The number of urea groups is 1. The van der Waals surface area contributed by atoms with Crippen LogP contribution in [0.15, 0.2) is 54.1 Å². The highest BCUT2D eigenvalue weighted by molar-refractivity contribution is 7.17. The molecular formula is C35H36F3N3O3S. The third-order valence-electron chi connectivity index (χ3n) is 9.21. The van der Waals surface area contributed by atoms with Crippen LogP contribution in [0.1, 0.15) is 89.4 Å². The number of para-hydroxylation sites is 2. The molecule has 236 valence electrons. The van der Waals surface area contributed by atoms with Crippen molar-refractivity contribution in [2.75, 3.05) is 4.90 Å². The lowest BCUT2D eigenvalue weighted by atomic mass is 9.66. The summed E-state index contributed by atoms with van der Waals surface area (Å²) in [6.07, 6.45) is -3.32. The molecule has 1 saturated heterocycles. The Bertz CT molecular complexity index is 1800. The predicted molar refractivity (Wildman–Crippen MR) is 170 cm³/mol. The number of carbonyl (C=O) groups excluding carboxylic acids is 3. The van der Waals surface area contributed by atoms with Crippen LogP contribution >= 0.6 is 11.3 Å². The van der Waals surface area contributed by atoms with E-state index in [9.17, 15) is 14.4 Å². The minimum absolute atomic E-state index is 0.0400. The second-order valence-corrected chi connectivity index (χ2v) is 15.7. The van der Waals surface area contributed by atoms with E-state index in [-0.39, 0.29) is 16.7 Å². The van der Waals surface area contributed by atoms with Crippen molar-refractivity contribution in [2.45, 2.75) is 90.4 Å². The highest BCUT2D eigenvalue weighted by Crippen LogP contribution is 2.64. The number of rotatable bonds is 1. The number of nitrogens with zero attached hydrogens (tertiary/aromatic N) is 3. The molecular weight excluding hydrogens is 599 g/mol. The van der Waals surface area contributed by atoms with Gasteiger partial charge in [-0.1, -0.05) is 50.2 Å². The van der Waals surface area contributed by atoms with Gasteiger partial charge in [-0.15, -0.1) is 11.3 Å². The van der Waals surface area contributed by atoms with Gasteiger partial charge >= 0.3 is 12.2 Å². The lowest BCUT2D eigenvalue weighted by Crippen LogP contribution is -2.65. The number of carbonyl (C=O) groups is 3. The van der Waals surface area contributed by atoms with Gasteiger partial charge in [0, 0.05) is 26.9 Å². The summed E-state index contributed by atoms with van der Waals surface area (Å²) in [4.78, 5) is 45.3. The Morgan fingerprint density at radius 3 is 1.82 bits per heavy atom. The van der Waals surface area contributed by atoms with Gasteiger partial charge in [0.25, 0.3) is 11.8 Å². The summed E-state index contributed by atoms with van der Waals surface area (Å²) in [6, 6.07) is 13.5. The Morgan fingerprint density at radius 1 is 0.733 bits per heavy atom. The first-order valence-electron chi connectivity index (χ1n) is 14.8. The Morgan fingerprint density at radius 2 is 1.27 bits per heavy atom. The number of barbiturate groups is 1. The van der Waals surface area contributed by atoms with Crippen LogP contribution in [-0.4, -0.2) is 44.9 Å². The molecule has 1 atom stereocenters. The Labute approximate surface area is 265 Å². The van der Waals surface area contributed by atoms with Crippen molar-refractivity contribution < 1.29 is 27.6 Å². The van der Waals surface area contributed by atoms with Crippen molar-refractivity contribution in [3.05, 3.63) is 81.2 Å². The van der Waals surface area contributed by atoms with Crippen LogP contribution < -0.4 is 4.90 Å². The zero-order valence-corrected chi connectivity index (χ0v) is 27.6. The molecule has 1 aromatic heterocycles. The van der Waals surface area contributed by atoms with Crippen LogP contribution in [0.2, 0.25) is 0 Å². The lowest BCUT2D eigenvalue weighted by molar-refractivity contribution is -0.173. The van der Waals surface area contributed by atoms with E-state index in [0.717, 1.165) is 38.0 Å². The molecule has 2 aromatic carbocycles. The molecule has 3 aliphatic rings. The van der Waals surface area contributed by atoms with Gasteiger partial charge in [0.1, 0.15) is 16.0 Å². The standard InChI is InChI=1S/C35H36F3N3O3S/c1-31(2,3)40-27(42)20(28(43)41(30(40)44)32(4,5)6)17-19-18-24-29(45-19)39-25-16-11-10-13-21(25)33(7,8)22-14-12-15-23(26(22)39)34(24,9)35(36,37)38/h10-18H,1-9H3. The van der Waals surface area contributed by atoms with Gasteiger partial charge in [-0.05, 0) is 83.4 Å². The first-order chi connectivity index (χ1) is 20.6. The molecule has 1 fully saturated rings. The number of fused-ring (bicyclic) bond motifs is 4. The molecule has 0 spiro atoms. The van der Waals surface area contributed by atoms with Crippen LogP contribution in [-0.2, 0) is 20.4 Å². The number of thiophene rings is 1. The van der Waals surface area contributed by atoms with E-state index >= 15 is 13.2 Å². The molecule has 0 bridgehead atoms. The quantitative estimate of drug-likeness (QED) is 0.198. The maximum absolute atomic E-state index is 15.4.